The van der Waals surface area contributed by atoms with Crippen LogP contribution in [0.4, 0.5) is 0 Å². The quantitative estimate of drug-likeness (QED) is 0.696. The van der Waals surface area contributed by atoms with Crippen LogP contribution in [0.2, 0.25) is 0 Å². The number of nitriles is 1. The summed E-state index contributed by atoms with van der Waals surface area (Å²) in [6.45, 7) is 3.94. The molecule has 3 nitrogen and oxygen atoms in total. The van der Waals surface area contributed by atoms with Crippen LogP contribution >= 0.6 is 0 Å². The van der Waals surface area contributed by atoms with E-state index >= 15 is 0 Å². The zero-order valence-electron chi connectivity index (χ0n) is 9.29. The van der Waals surface area contributed by atoms with Gasteiger partial charge in [0.25, 0.3) is 0 Å². The van der Waals surface area contributed by atoms with Crippen LogP contribution in [0.5, 0.6) is 0 Å². The Hall–Kier alpha value is -0.590. The van der Waals surface area contributed by atoms with Crippen molar-refractivity contribution < 1.29 is 0 Å². The zero-order chi connectivity index (χ0) is 10.6. The molecule has 1 aliphatic carbocycles. The summed E-state index contributed by atoms with van der Waals surface area (Å²) >= 11 is 0. The van der Waals surface area contributed by atoms with Gasteiger partial charge in [-0.3, -0.25) is 0 Å². The first kappa shape index (κ1) is 11.5. The van der Waals surface area contributed by atoms with Crippen LogP contribution in [-0.4, -0.2) is 30.6 Å². The summed E-state index contributed by atoms with van der Waals surface area (Å²) in [4.78, 5) is 2.19. The highest BCUT2D eigenvalue weighted by molar-refractivity contribution is 5.14. The second-order valence-electron chi connectivity index (χ2n) is 4.52. The van der Waals surface area contributed by atoms with Crippen LogP contribution in [0.1, 0.15) is 32.6 Å². The van der Waals surface area contributed by atoms with Crippen molar-refractivity contribution in [3.63, 3.8) is 0 Å². The van der Waals surface area contributed by atoms with E-state index < -0.39 is 5.54 Å². The fraction of sp³-hybridized carbons (Fsp3) is 0.909. The number of hydrogen-bond donors (Lipinski definition) is 1. The Balaban J connectivity index is 2.36. The highest BCUT2D eigenvalue weighted by Crippen LogP contribution is 2.38. The summed E-state index contributed by atoms with van der Waals surface area (Å²) in [5, 5.41) is 9.07. The van der Waals surface area contributed by atoms with Gasteiger partial charge < -0.3 is 10.6 Å². The minimum absolute atomic E-state index is 0.441. The molecule has 0 saturated heterocycles. The van der Waals surface area contributed by atoms with E-state index in [-0.39, 0.29) is 0 Å². The second kappa shape index (κ2) is 4.77. The van der Waals surface area contributed by atoms with Gasteiger partial charge in [0.15, 0.2) is 0 Å². The molecule has 0 spiro atoms. The monoisotopic (exact) mass is 195 g/mol. The topological polar surface area (TPSA) is 53.0 Å². The fourth-order valence-electron chi connectivity index (χ4n) is 1.81. The maximum atomic E-state index is 9.07. The lowest BCUT2D eigenvalue weighted by Gasteiger charge is -2.27. The molecule has 0 bridgehead atoms. The van der Waals surface area contributed by atoms with Gasteiger partial charge in [-0.05, 0) is 38.8 Å². The van der Waals surface area contributed by atoms with Crippen molar-refractivity contribution in [1.82, 2.24) is 4.90 Å². The lowest BCUT2D eigenvalue weighted by Crippen LogP contribution is -2.50. The molecule has 0 radical (unpaired) electrons. The van der Waals surface area contributed by atoms with Crippen molar-refractivity contribution in [2.45, 2.75) is 38.1 Å². The van der Waals surface area contributed by atoms with Crippen molar-refractivity contribution in [3.05, 3.63) is 0 Å². The number of likely N-dealkylation sites (N-methyl/N-ethyl adjacent to an activating group) is 1. The van der Waals surface area contributed by atoms with Crippen molar-refractivity contribution >= 4 is 0 Å². The molecule has 1 rings (SSSR count). The third kappa shape index (κ3) is 2.97. The first-order valence-corrected chi connectivity index (χ1v) is 5.51. The molecular formula is C11H21N3. The third-order valence-corrected chi connectivity index (χ3v) is 2.94. The van der Waals surface area contributed by atoms with Gasteiger partial charge in [0.1, 0.15) is 5.54 Å². The van der Waals surface area contributed by atoms with E-state index in [1.54, 1.807) is 0 Å². The van der Waals surface area contributed by atoms with Crippen LogP contribution in [0, 0.1) is 17.2 Å². The van der Waals surface area contributed by atoms with E-state index in [4.69, 9.17) is 11.0 Å². The number of nitrogens with two attached hydrogens (primary N) is 1. The minimum Gasteiger partial charge on any atom is -0.312 e. The van der Waals surface area contributed by atoms with Gasteiger partial charge >= 0.3 is 0 Å². The van der Waals surface area contributed by atoms with Crippen molar-refractivity contribution in [2.75, 3.05) is 20.1 Å². The molecule has 1 unspecified atom stereocenters. The van der Waals surface area contributed by atoms with Crippen LogP contribution in [-0.2, 0) is 0 Å². The summed E-state index contributed by atoms with van der Waals surface area (Å²) in [6, 6.07) is 2.28. The van der Waals surface area contributed by atoms with Crippen molar-refractivity contribution in [2.24, 2.45) is 11.7 Å². The Kier molecular flexibility index (Phi) is 3.91. The molecule has 1 atom stereocenters. The highest BCUT2D eigenvalue weighted by atomic mass is 15.1. The van der Waals surface area contributed by atoms with Gasteiger partial charge in [0.05, 0.1) is 6.07 Å². The largest absolute Gasteiger partial charge is 0.312 e. The normalized spacial score (nSPS) is 20.5. The Bertz CT molecular complexity index is 217. The molecule has 0 aromatic rings. The number of rotatable bonds is 6. The predicted octanol–water partition coefficient (Wildman–Crippen LogP) is 1.35. The average molecular weight is 195 g/mol. The van der Waals surface area contributed by atoms with E-state index in [0.29, 0.717) is 12.5 Å². The Morgan fingerprint density at radius 2 is 2.21 bits per heavy atom. The zero-order valence-corrected chi connectivity index (χ0v) is 9.29. The van der Waals surface area contributed by atoms with E-state index in [0.717, 1.165) is 19.4 Å². The van der Waals surface area contributed by atoms with Gasteiger partial charge in [0, 0.05) is 6.54 Å². The third-order valence-electron chi connectivity index (χ3n) is 2.94. The minimum atomic E-state index is -0.595. The molecule has 14 heavy (non-hydrogen) atoms. The predicted molar refractivity (Wildman–Crippen MR) is 57.7 cm³/mol. The average Bonchev–Trinajstić information content (AvgIpc) is 2.97. The van der Waals surface area contributed by atoms with E-state index in [2.05, 4.69) is 24.9 Å². The molecule has 3 heteroatoms. The van der Waals surface area contributed by atoms with Gasteiger partial charge in [-0.15, -0.1) is 0 Å². The van der Waals surface area contributed by atoms with Gasteiger partial charge in [-0.1, -0.05) is 13.3 Å². The van der Waals surface area contributed by atoms with E-state index in [1.807, 2.05) is 0 Å². The number of nitrogens with zero attached hydrogens (tertiary/aromatic N) is 2. The molecule has 0 aliphatic heterocycles. The molecular weight excluding hydrogens is 174 g/mol. The maximum Gasteiger partial charge on any atom is 0.119 e. The lowest BCUT2D eigenvalue weighted by atomic mass is 9.96. The van der Waals surface area contributed by atoms with E-state index in [1.165, 1.54) is 12.8 Å². The number of hydrogen-bond acceptors (Lipinski definition) is 3. The molecule has 1 saturated carbocycles. The Morgan fingerprint density at radius 3 is 2.64 bits per heavy atom. The van der Waals surface area contributed by atoms with Crippen LogP contribution < -0.4 is 5.73 Å². The lowest BCUT2D eigenvalue weighted by molar-refractivity contribution is 0.260. The van der Waals surface area contributed by atoms with Gasteiger partial charge in [0.2, 0.25) is 0 Å². The van der Waals surface area contributed by atoms with E-state index in [9.17, 15) is 0 Å². The second-order valence-corrected chi connectivity index (χ2v) is 4.52. The fourth-order valence-corrected chi connectivity index (χ4v) is 1.81. The van der Waals surface area contributed by atoms with Gasteiger partial charge in [-0.25, -0.2) is 0 Å². The summed E-state index contributed by atoms with van der Waals surface area (Å²) in [7, 11) is 2.05. The summed E-state index contributed by atoms with van der Waals surface area (Å²) in [5.74, 6) is 0.441. The summed E-state index contributed by atoms with van der Waals surface area (Å²) < 4.78 is 0. The Labute approximate surface area is 86.9 Å². The molecule has 0 amide bonds. The molecule has 0 aromatic heterocycles. The summed E-state index contributed by atoms with van der Waals surface area (Å²) in [5.41, 5.74) is 5.48. The SMILES string of the molecule is CCCCN(C)CC(N)(C#N)C1CC1. The molecule has 0 aromatic carbocycles. The molecule has 1 aliphatic rings. The first-order chi connectivity index (χ1) is 6.62. The molecule has 80 valence electrons. The number of unbranched alkanes of at least 4 members (excludes halogenated alkanes) is 1. The highest BCUT2D eigenvalue weighted by Gasteiger charge is 2.43. The summed E-state index contributed by atoms with van der Waals surface area (Å²) in [6.07, 6.45) is 4.64. The molecule has 2 N–H and O–H groups in total. The van der Waals surface area contributed by atoms with Crippen LogP contribution in [0.3, 0.4) is 0 Å². The molecule has 0 heterocycles. The Morgan fingerprint density at radius 1 is 1.57 bits per heavy atom. The smallest absolute Gasteiger partial charge is 0.119 e. The maximum absolute atomic E-state index is 9.07. The molecule has 1 fully saturated rings. The van der Waals surface area contributed by atoms with Crippen LogP contribution in [0.15, 0.2) is 0 Å². The van der Waals surface area contributed by atoms with Gasteiger partial charge in [-0.2, -0.15) is 5.26 Å². The van der Waals surface area contributed by atoms with Crippen molar-refractivity contribution in [3.8, 4) is 6.07 Å². The first-order valence-electron chi connectivity index (χ1n) is 5.51. The standard InChI is InChI=1S/C11H21N3/c1-3-4-7-14(2)9-11(13,8-12)10-5-6-10/h10H,3-7,9,13H2,1-2H3. The van der Waals surface area contributed by atoms with Crippen molar-refractivity contribution in [1.29, 1.82) is 5.26 Å². The van der Waals surface area contributed by atoms with Crippen LogP contribution in [0.25, 0.3) is 0 Å².